The van der Waals surface area contributed by atoms with E-state index >= 15 is 0 Å². The lowest BCUT2D eigenvalue weighted by Gasteiger charge is -2.20. The molecule has 1 aromatic heterocycles. The van der Waals surface area contributed by atoms with Crippen LogP contribution in [0.15, 0.2) is 42.5 Å². The fourth-order valence-corrected chi connectivity index (χ4v) is 3.39. The summed E-state index contributed by atoms with van der Waals surface area (Å²) in [6.45, 7) is 0.880. The summed E-state index contributed by atoms with van der Waals surface area (Å²) in [5, 5.41) is 12.0. The maximum atomic E-state index is 12.6. The van der Waals surface area contributed by atoms with Gasteiger partial charge < -0.3 is 14.2 Å². The van der Waals surface area contributed by atoms with Crippen molar-refractivity contribution in [3.05, 3.63) is 48.0 Å². The Labute approximate surface area is 153 Å². The van der Waals surface area contributed by atoms with E-state index in [1.807, 2.05) is 24.3 Å². The van der Waals surface area contributed by atoms with Crippen LogP contribution in [0.2, 0.25) is 0 Å². The minimum atomic E-state index is -0.324. The molecule has 1 amide bonds. The highest BCUT2D eigenvalue weighted by atomic mass is 32.1. The molecule has 1 aliphatic heterocycles. The van der Waals surface area contributed by atoms with E-state index in [-0.39, 0.29) is 5.91 Å². The molecular formula is C18H15N3O4S. The van der Waals surface area contributed by atoms with Gasteiger partial charge in [0.1, 0.15) is 19.0 Å². The van der Waals surface area contributed by atoms with Crippen molar-refractivity contribution < 1.29 is 19.0 Å². The SMILES string of the molecule is COc1ccccc1-c1nnc(NC(=O)c2cccc3c2OCCO3)s1. The first-order chi connectivity index (χ1) is 12.8. The summed E-state index contributed by atoms with van der Waals surface area (Å²) in [4.78, 5) is 12.6. The van der Waals surface area contributed by atoms with E-state index in [1.54, 1.807) is 25.3 Å². The highest BCUT2D eigenvalue weighted by molar-refractivity contribution is 7.18. The lowest BCUT2D eigenvalue weighted by Crippen LogP contribution is -2.20. The van der Waals surface area contributed by atoms with Crippen molar-refractivity contribution in [1.29, 1.82) is 0 Å². The van der Waals surface area contributed by atoms with E-state index in [2.05, 4.69) is 15.5 Å². The maximum absolute atomic E-state index is 12.6. The topological polar surface area (TPSA) is 82.6 Å². The second-order valence-electron chi connectivity index (χ2n) is 5.40. The van der Waals surface area contributed by atoms with Crippen molar-refractivity contribution in [3.63, 3.8) is 0 Å². The van der Waals surface area contributed by atoms with Gasteiger partial charge in [0, 0.05) is 0 Å². The molecule has 3 aromatic rings. The Bertz CT molecular complexity index is 957. The van der Waals surface area contributed by atoms with Gasteiger partial charge in [-0.15, -0.1) is 10.2 Å². The lowest BCUT2D eigenvalue weighted by atomic mass is 10.1. The third-order valence-electron chi connectivity index (χ3n) is 3.79. The molecule has 1 N–H and O–H groups in total. The highest BCUT2D eigenvalue weighted by Gasteiger charge is 2.21. The molecule has 0 saturated carbocycles. The van der Waals surface area contributed by atoms with Gasteiger partial charge in [0.05, 0.1) is 18.2 Å². The minimum absolute atomic E-state index is 0.324. The number of hydrogen-bond donors (Lipinski definition) is 1. The molecule has 26 heavy (non-hydrogen) atoms. The number of ether oxygens (including phenoxy) is 3. The van der Waals surface area contributed by atoms with E-state index < -0.39 is 0 Å². The average Bonchev–Trinajstić information content (AvgIpc) is 3.15. The van der Waals surface area contributed by atoms with Gasteiger partial charge in [0.2, 0.25) is 5.13 Å². The molecule has 0 bridgehead atoms. The van der Waals surface area contributed by atoms with Gasteiger partial charge in [-0.3, -0.25) is 10.1 Å². The predicted octanol–water partition coefficient (Wildman–Crippen LogP) is 3.24. The normalized spacial score (nSPS) is 12.5. The van der Waals surface area contributed by atoms with Gasteiger partial charge in [-0.1, -0.05) is 29.5 Å². The second-order valence-corrected chi connectivity index (χ2v) is 6.37. The summed E-state index contributed by atoms with van der Waals surface area (Å²) in [6, 6.07) is 12.7. The van der Waals surface area contributed by atoms with Crippen LogP contribution >= 0.6 is 11.3 Å². The molecule has 8 heteroatoms. The van der Waals surface area contributed by atoms with Crippen LogP contribution in [-0.4, -0.2) is 36.4 Å². The fraction of sp³-hybridized carbons (Fsp3) is 0.167. The largest absolute Gasteiger partial charge is 0.496 e. The van der Waals surface area contributed by atoms with Gasteiger partial charge in [0.25, 0.3) is 5.91 Å². The smallest absolute Gasteiger partial charge is 0.261 e. The molecule has 2 heterocycles. The van der Waals surface area contributed by atoms with E-state index in [0.717, 1.165) is 5.56 Å². The molecular weight excluding hydrogens is 354 g/mol. The molecule has 0 saturated heterocycles. The van der Waals surface area contributed by atoms with Crippen molar-refractivity contribution >= 4 is 22.4 Å². The number of benzene rings is 2. The lowest BCUT2D eigenvalue weighted by molar-refractivity contribution is 0.101. The van der Waals surface area contributed by atoms with Gasteiger partial charge in [-0.2, -0.15) is 0 Å². The Morgan fingerprint density at radius 2 is 1.96 bits per heavy atom. The summed E-state index contributed by atoms with van der Waals surface area (Å²) in [6.07, 6.45) is 0. The Morgan fingerprint density at radius 3 is 2.85 bits per heavy atom. The number of carbonyl (C=O) groups excluding carboxylic acids is 1. The molecule has 0 radical (unpaired) electrons. The molecule has 1 aliphatic rings. The quantitative estimate of drug-likeness (QED) is 0.760. The molecule has 7 nitrogen and oxygen atoms in total. The van der Waals surface area contributed by atoms with E-state index in [0.29, 0.717) is 46.2 Å². The third-order valence-corrected chi connectivity index (χ3v) is 4.67. The standard InChI is InChI=1S/C18H15N3O4S/c1-23-13-7-3-2-5-11(13)17-20-21-18(26-17)19-16(22)12-6-4-8-14-15(12)25-10-9-24-14/h2-8H,9-10H2,1H3,(H,19,21,22). The number of nitrogens with one attached hydrogen (secondary N) is 1. The van der Waals surface area contributed by atoms with Gasteiger partial charge in [0.15, 0.2) is 16.5 Å². The molecule has 4 rings (SSSR count). The van der Waals surface area contributed by atoms with Crippen LogP contribution < -0.4 is 19.5 Å². The molecule has 0 fully saturated rings. The number of para-hydroxylation sites is 2. The molecule has 2 aromatic carbocycles. The van der Waals surface area contributed by atoms with Crippen LogP contribution in [0.4, 0.5) is 5.13 Å². The Hall–Kier alpha value is -3.13. The molecule has 0 spiro atoms. The third kappa shape index (κ3) is 3.06. The first-order valence-electron chi connectivity index (χ1n) is 7.93. The Kier molecular flexibility index (Phi) is 4.40. The van der Waals surface area contributed by atoms with Crippen LogP contribution in [0.5, 0.6) is 17.2 Å². The van der Waals surface area contributed by atoms with Crippen LogP contribution in [0.25, 0.3) is 10.6 Å². The predicted molar refractivity (Wildman–Crippen MR) is 97.3 cm³/mol. The number of methoxy groups -OCH3 is 1. The minimum Gasteiger partial charge on any atom is -0.496 e. The number of nitrogens with zero attached hydrogens (tertiary/aromatic N) is 2. The van der Waals surface area contributed by atoms with Crippen molar-refractivity contribution in [3.8, 4) is 27.8 Å². The van der Waals surface area contributed by atoms with Crippen molar-refractivity contribution in [2.45, 2.75) is 0 Å². The molecule has 0 unspecified atom stereocenters. The number of aromatic nitrogens is 2. The van der Waals surface area contributed by atoms with Crippen LogP contribution in [0, 0.1) is 0 Å². The van der Waals surface area contributed by atoms with Crippen LogP contribution in [-0.2, 0) is 0 Å². The number of carbonyl (C=O) groups is 1. The fourth-order valence-electron chi connectivity index (χ4n) is 2.62. The summed E-state index contributed by atoms with van der Waals surface area (Å²) in [5.74, 6) is 1.39. The summed E-state index contributed by atoms with van der Waals surface area (Å²) < 4.78 is 16.4. The Balaban J connectivity index is 1.57. The first kappa shape index (κ1) is 16.3. The van der Waals surface area contributed by atoms with Crippen LogP contribution in [0.3, 0.4) is 0 Å². The maximum Gasteiger partial charge on any atom is 0.261 e. The van der Waals surface area contributed by atoms with Gasteiger partial charge >= 0.3 is 0 Å². The highest BCUT2D eigenvalue weighted by Crippen LogP contribution is 2.35. The zero-order valence-corrected chi connectivity index (χ0v) is 14.7. The number of fused-ring (bicyclic) bond motifs is 1. The van der Waals surface area contributed by atoms with E-state index in [1.165, 1.54) is 11.3 Å². The zero-order valence-electron chi connectivity index (χ0n) is 13.9. The second kappa shape index (κ2) is 7.01. The summed E-state index contributed by atoms with van der Waals surface area (Å²) >= 11 is 1.27. The van der Waals surface area contributed by atoms with E-state index in [4.69, 9.17) is 14.2 Å². The molecule has 0 atom stereocenters. The zero-order chi connectivity index (χ0) is 17.9. The van der Waals surface area contributed by atoms with Crippen molar-refractivity contribution in [2.24, 2.45) is 0 Å². The van der Waals surface area contributed by atoms with Crippen LogP contribution in [0.1, 0.15) is 10.4 Å². The van der Waals surface area contributed by atoms with Gasteiger partial charge in [-0.25, -0.2) is 0 Å². The number of rotatable bonds is 4. The number of amides is 1. The van der Waals surface area contributed by atoms with Crippen molar-refractivity contribution in [1.82, 2.24) is 10.2 Å². The number of anilines is 1. The molecule has 0 aliphatic carbocycles. The average molecular weight is 369 g/mol. The van der Waals surface area contributed by atoms with Gasteiger partial charge in [-0.05, 0) is 24.3 Å². The first-order valence-corrected chi connectivity index (χ1v) is 8.75. The van der Waals surface area contributed by atoms with E-state index in [9.17, 15) is 4.79 Å². The summed E-state index contributed by atoms with van der Waals surface area (Å²) in [5.41, 5.74) is 1.22. The summed E-state index contributed by atoms with van der Waals surface area (Å²) in [7, 11) is 1.60. The Morgan fingerprint density at radius 1 is 1.12 bits per heavy atom. The van der Waals surface area contributed by atoms with Crippen molar-refractivity contribution in [2.75, 3.05) is 25.6 Å². The molecule has 132 valence electrons. The number of hydrogen-bond acceptors (Lipinski definition) is 7. The monoisotopic (exact) mass is 369 g/mol.